The first kappa shape index (κ1) is 13.0. The van der Waals surface area contributed by atoms with E-state index in [4.69, 9.17) is 4.74 Å². The molecular weight excluding hydrogens is 224 g/mol. The fourth-order valence-electron chi connectivity index (χ4n) is 2.29. The highest BCUT2D eigenvalue weighted by molar-refractivity contribution is 5.78. The van der Waals surface area contributed by atoms with E-state index in [0.29, 0.717) is 0 Å². The maximum absolute atomic E-state index is 5.67. The smallest absolute Gasteiger partial charge is 0.0741 e. The largest absolute Gasteiger partial charge is 0.377 e. The third-order valence-electron chi connectivity index (χ3n) is 3.18. The molecule has 0 aliphatic heterocycles. The molecule has 0 amide bonds. The van der Waals surface area contributed by atoms with Gasteiger partial charge in [0.25, 0.3) is 0 Å². The fourth-order valence-corrected chi connectivity index (χ4v) is 2.29. The second kappa shape index (κ2) is 5.94. The zero-order chi connectivity index (χ0) is 13.0. The number of aromatic nitrogens is 1. The summed E-state index contributed by atoms with van der Waals surface area (Å²) in [5.74, 6) is 0. The zero-order valence-electron chi connectivity index (χ0n) is 11.2. The summed E-state index contributed by atoms with van der Waals surface area (Å²) in [7, 11) is 1.95. The first-order valence-corrected chi connectivity index (χ1v) is 6.39. The fraction of sp³-hybridized carbons (Fsp3) is 0.400. The molecule has 96 valence electrons. The summed E-state index contributed by atoms with van der Waals surface area (Å²) in [6.07, 6.45) is 2.06. The van der Waals surface area contributed by atoms with Crippen LogP contribution in [0.1, 0.15) is 25.5 Å². The van der Waals surface area contributed by atoms with Crippen LogP contribution < -0.4 is 5.32 Å². The molecule has 2 rings (SSSR count). The van der Waals surface area contributed by atoms with Crippen LogP contribution in [0.25, 0.3) is 10.9 Å². The van der Waals surface area contributed by atoms with Crippen molar-refractivity contribution in [1.82, 2.24) is 10.3 Å². The van der Waals surface area contributed by atoms with Crippen molar-refractivity contribution >= 4 is 10.9 Å². The Hall–Kier alpha value is -1.45. The highest BCUT2D eigenvalue weighted by Gasteiger charge is 2.18. The number of hydrogen-bond acceptors (Lipinski definition) is 3. The summed E-state index contributed by atoms with van der Waals surface area (Å²) < 4.78 is 5.67. The minimum absolute atomic E-state index is 0.128. The minimum Gasteiger partial charge on any atom is -0.377 e. The molecular formula is C15H20N2O. The van der Waals surface area contributed by atoms with Gasteiger partial charge in [0.1, 0.15) is 0 Å². The van der Waals surface area contributed by atoms with Crippen LogP contribution in [-0.2, 0) is 4.74 Å². The van der Waals surface area contributed by atoms with Crippen LogP contribution in [-0.4, -0.2) is 24.7 Å². The van der Waals surface area contributed by atoms with Crippen LogP contribution in [0.3, 0.4) is 0 Å². The third kappa shape index (κ3) is 2.68. The van der Waals surface area contributed by atoms with Crippen LogP contribution in [0, 0.1) is 0 Å². The lowest BCUT2D eigenvalue weighted by atomic mass is 10.0. The maximum Gasteiger partial charge on any atom is 0.0741 e. The van der Waals surface area contributed by atoms with Gasteiger partial charge in [0.05, 0.1) is 17.7 Å². The zero-order valence-corrected chi connectivity index (χ0v) is 11.2. The van der Waals surface area contributed by atoms with E-state index in [1.807, 2.05) is 38.4 Å². The molecule has 0 spiro atoms. The molecule has 3 nitrogen and oxygen atoms in total. The molecule has 2 aromatic rings. The van der Waals surface area contributed by atoms with Gasteiger partial charge in [-0.1, -0.05) is 18.2 Å². The Kier molecular flexibility index (Phi) is 4.28. The quantitative estimate of drug-likeness (QED) is 0.878. The van der Waals surface area contributed by atoms with Gasteiger partial charge in [-0.15, -0.1) is 0 Å². The minimum atomic E-state index is 0.128. The van der Waals surface area contributed by atoms with Gasteiger partial charge in [-0.2, -0.15) is 0 Å². The molecule has 0 radical (unpaired) electrons. The molecule has 0 saturated carbocycles. The van der Waals surface area contributed by atoms with Gasteiger partial charge in [-0.3, -0.25) is 4.98 Å². The Bertz CT molecular complexity index is 513. The number of fused-ring (bicyclic) bond motifs is 1. The number of nitrogens with one attached hydrogen (secondary N) is 1. The van der Waals surface area contributed by atoms with Crippen molar-refractivity contribution in [2.45, 2.75) is 26.0 Å². The van der Waals surface area contributed by atoms with Gasteiger partial charge in [0.15, 0.2) is 0 Å². The van der Waals surface area contributed by atoms with E-state index in [0.717, 1.165) is 17.7 Å². The van der Waals surface area contributed by atoms with Gasteiger partial charge in [-0.25, -0.2) is 0 Å². The molecule has 1 N–H and O–H groups in total. The number of likely N-dealkylation sites (N-methyl/N-ethyl adjacent to an activating group) is 1. The lowest BCUT2D eigenvalue weighted by Crippen LogP contribution is -2.29. The van der Waals surface area contributed by atoms with Crippen molar-refractivity contribution in [2.75, 3.05) is 13.7 Å². The number of ether oxygens (including phenoxy) is 1. The summed E-state index contributed by atoms with van der Waals surface area (Å²) in [6.45, 7) is 4.82. The summed E-state index contributed by atoms with van der Waals surface area (Å²) in [5.41, 5.74) is 2.19. The van der Waals surface area contributed by atoms with Crippen molar-refractivity contribution < 1.29 is 4.74 Å². The number of para-hydroxylation sites is 1. The number of nitrogens with zero attached hydrogens (tertiary/aromatic N) is 1. The first-order valence-electron chi connectivity index (χ1n) is 6.39. The molecule has 0 saturated heterocycles. The van der Waals surface area contributed by atoms with Gasteiger partial charge < -0.3 is 10.1 Å². The average molecular weight is 244 g/mol. The molecule has 1 aromatic heterocycles. The van der Waals surface area contributed by atoms with Crippen molar-refractivity contribution in [3.8, 4) is 0 Å². The van der Waals surface area contributed by atoms with E-state index in [9.17, 15) is 0 Å². The van der Waals surface area contributed by atoms with Gasteiger partial charge >= 0.3 is 0 Å². The van der Waals surface area contributed by atoms with E-state index >= 15 is 0 Å². The van der Waals surface area contributed by atoms with Crippen LogP contribution in [0.15, 0.2) is 36.5 Å². The molecule has 0 fully saturated rings. The number of hydrogen-bond donors (Lipinski definition) is 1. The molecule has 2 unspecified atom stereocenters. The molecule has 1 aromatic carbocycles. The highest BCUT2D eigenvalue weighted by atomic mass is 16.5. The van der Waals surface area contributed by atoms with Gasteiger partial charge in [0.2, 0.25) is 0 Å². The van der Waals surface area contributed by atoms with E-state index in [2.05, 4.69) is 29.4 Å². The molecule has 0 bridgehead atoms. The van der Waals surface area contributed by atoms with E-state index in [1.54, 1.807) is 0 Å². The van der Waals surface area contributed by atoms with Crippen LogP contribution in [0.5, 0.6) is 0 Å². The number of pyridine rings is 1. The molecule has 0 aliphatic rings. The normalized spacial score (nSPS) is 14.6. The van der Waals surface area contributed by atoms with Gasteiger partial charge in [-0.05, 0) is 38.6 Å². The van der Waals surface area contributed by atoms with Crippen LogP contribution in [0.4, 0.5) is 0 Å². The summed E-state index contributed by atoms with van der Waals surface area (Å²) in [6, 6.07) is 10.5. The maximum atomic E-state index is 5.67. The second-order valence-corrected chi connectivity index (χ2v) is 4.39. The summed E-state index contributed by atoms with van der Waals surface area (Å²) in [5, 5.41) is 4.47. The van der Waals surface area contributed by atoms with E-state index < -0.39 is 0 Å². The van der Waals surface area contributed by atoms with Crippen LogP contribution in [0.2, 0.25) is 0 Å². The van der Waals surface area contributed by atoms with Crippen LogP contribution >= 0.6 is 0 Å². The molecule has 2 atom stereocenters. The number of benzene rings is 1. The SMILES string of the molecule is CCOC(C)C(NC)c1cnc2ccccc2c1. The molecule has 1 heterocycles. The molecule has 0 aliphatic carbocycles. The lowest BCUT2D eigenvalue weighted by molar-refractivity contribution is 0.0493. The van der Waals surface area contributed by atoms with Crippen molar-refractivity contribution in [2.24, 2.45) is 0 Å². The predicted molar refractivity (Wildman–Crippen MR) is 74.6 cm³/mol. The van der Waals surface area contributed by atoms with Crippen molar-refractivity contribution in [3.63, 3.8) is 0 Å². The predicted octanol–water partition coefficient (Wildman–Crippen LogP) is 2.92. The Labute approximate surface area is 108 Å². The highest BCUT2D eigenvalue weighted by Crippen LogP contribution is 2.21. The first-order chi connectivity index (χ1) is 8.76. The lowest BCUT2D eigenvalue weighted by Gasteiger charge is -2.23. The van der Waals surface area contributed by atoms with E-state index in [1.165, 1.54) is 5.39 Å². The monoisotopic (exact) mass is 244 g/mol. The van der Waals surface area contributed by atoms with E-state index in [-0.39, 0.29) is 12.1 Å². The third-order valence-corrected chi connectivity index (χ3v) is 3.18. The Morgan fingerprint density at radius 3 is 2.83 bits per heavy atom. The standard InChI is InChI=1S/C15H20N2O/c1-4-18-11(2)15(16-3)13-9-12-7-5-6-8-14(12)17-10-13/h5-11,15-16H,4H2,1-3H3. The average Bonchev–Trinajstić information content (AvgIpc) is 2.40. The second-order valence-electron chi connectivity index (χ2n) is 4.39. The Morgan fingerprint density at radius 1 is 1.33 bits per heavy atom. The number of rotatable bonds is 5. The van der Waals surface area contributed by atoms with Gasteiger partial charge in [0, 0.05) is 18.2 Å². The Morgan fingerprint density at radius 2 is 2.11 bits per heavy atom. The summed E-state index contributed by atoms with van der Waals surface area (Å²) >= 11 is 0. The topological polar surface area (TPSA) is 34.1 Å². The molecule has 18 heavy (non-hydrogen) atoms. The van der Waals surface area contributed by atoms with Crippen molar-refractivity contribution in [3.05, 3.63) is 42.1 Å². The van der Waals surface area contributed by atoms with Crippen molar-refractivity contribution in [1.29, 1.82) is 0 Å². The molecule has 3 heteroatoms. The Balaban J connectivity index is 2.33. The summed E-state index contributed by atoms with van der Waals surface area (Å²) in [4.78, 5) is 4.50.